The smallest absolute Gasteiger partial charge is 0.327 e. The van der Waals surface area contributed by atoms with Crippen LogP contribution in [0.1, 0.15) is 24.8 Å². The van der Waals surface area contributed by atoms with Crippen molar-refractivity contribution in [3.63, 3.8) is 0 Å². The van der Waals surface area contributed by atoms with Gasteiger partial charge in [0.05, 0.1) is 16.6 Å². The number of benzene rings is 1. The highest BCUT2D eigenvalue weighted by molar-refractivity contribution is 8.00. The van der Waals surface area contributed by atoms with Crippen LogP contribution in [0.2, 0.25) is 0 Å². The molecule has 0 N–H and O–H groups in total. The van der Waals surface area contributed by atoms with Gasteiger partial charge in [0.15, 0.2) is 0 Å². The van der Waals surface area contributed by atoms with E-state index < -0.39 is 11.7 Å². The summed E-state index contributed by atoms with van der Waals surface area (Å²) in [6.07, 6.45) is 2.78. The standard InChI is InChI=1S/C18H16F3N3S/c1-24-15-6-5-11(18(19,20)21)9-14(15)23-17(24)13-7-8-22-10-16(13)25-12-3-2-4-12/h5-10,12H,2-4H2,1H3. The third kappa shape index (κ3) is 3.01. The van der Waals surface area contributed by atoms with Crippen molar-refractivity contribution >= 4 is 22.8 Å². The van der Waals surface area contributed by atoms with Gasteiger partial charge in [-0.15, -0.1) is 11.8 Å². The van der Waals surface area contributed by atoms with Crippen LogP contribution in [-0.4, -0.2) is 19.8 Å². The number of halogens is 3. The molecule has 2 aromatic heterocycles. The molecule has 0 bridgehead atoms. The van der Waals surface area contributed by atoms with Gasteiger partial charge in [0.25, 0.3) is 0 Å². The van der Waals surface area contributed by atoms with Crippen LogP contribution in [0.25, 0.3) is 22.4 Å². The number of hydrogen-bond donors (Lipinski definition) is 0. The summed E-state index contributed by atoms with van der Waals surface area (Å²) in [4.78, 5) is 9.73. The lowest BCUT2D eigenvalue weighted by Crippen LogP contribution is -2.13. The molecule has 2 heterocycles. The monoisotopic (exact) mass is 363 g/mol. The average Bonchev–Trinajstić information content (AvgIpc) is 2.87. The number of pyridine rings is 1. The second kappa shape index (κ2) is 6.05. The van der Waals surface area contributed by atoms with E-state index in [0.29, 0.717) is 22.1 Å². The second-order valence-electron chi connectivity index (χ2n) is 6.24. The first kappa shape index (κ1) is 16.4. The molecule has 0 spiro atoms. The van der Waals surface area contributed by atoms with E-state index in [2.05, 4.69) is 9.97 Å². The Bertz CT molecular complexity index is 929. The molecular weight excluding hydrogens is 347 g/mol. The number of aromatic nitrogens is 3. The fraction of sp³-hybridized carbons (Fsp3) is 0.333. The minimum absolute atomic E-state index is 0.351. The van der Waals surface area contributed by atoms with Gasteiger partial charge in [-0.25, -0.2) is 4.98 Å². The molecule has 0 unspecified atom stereocenters. The van der Waals surface area contributed by atoms with Crippen LogP contribution in [0, 0.1) is 0 Å². The number of thioether (sulfide) groups is 1. The highest BCUT2D eigenvalue weighted by atomic mass is 32.2. The van der Waals surface area contributed by atoms with Crippen molar-refractivity contribution in [2.24, 2.45) is 7.05 Å². The van der Waals surface area contributed by atoms with E-state index in [4.69, 9.17) is 0 Å². The molecular formula is C18H16F3N3S. The van der Waals surface area contributed by atoms with Gasteiger partial charge in [-0.2, -0.15) is 13.2 Å². The van der Waals surface area contributed by atoms with Gasteiger partial charge in [-0.05, 0) is 37.1 Å². The summed E-state index contributed by atoms with van der Waals surface area (Å²) < 4.78 is 40.7. The molecule has 1 aliphatic rings. The lowest BCUT2D eigenvalue weighted by Gasteiger charge is -2.25. The summed E-state index contributed by atoms with van der Waals surface area (Å²) in [5.41, 5.74) is 1.27. The highest BCUT2D eigenvalue weighted by Gasteiger charge is 2.31. The average molecular weight is 363 g/mol. The third-order valence-electron chi connectivity index (χ3n) is 4.58. The number of imidazole rings is 1. The van der Waals surface area contributed by atoms with Crippen LogP contribution < -0.4 is 0 Å². The fourth-order valence-corrected chi connectivity index (χ4v) is 4.28. The van der Waals surface area contributed by atoms with E-state index >= 15 is 0 Å². The van der Waals surface area contributed by atoms with Crippen LogP contribution in [-0.2, 0) is 13.2 Å². The zero-order valence-corrected chi connectivity index (χ0v) is 14.4. The Labute approximate surface area is 147 Å². The quantitative estimate of drug-likeness (QED) is 0.633. The van der Waals surface area contributed by atoms with Crippen molar-refractivity contribution < 1.29 is 13.2 Å². The first-order valence-electron chi connectivity index (χ1n) is 8.08. The van der Waals surface area contributed by atoms with E-state index in [1.165, 1.54) is 25.3 Å². The van der Waals surface area contributed by atoms with Crippen molar-refractivity contribution in [1.82, 2.24) is 14.5 Å². The number of rotatable bonds is 3. The molecule has 130 valence electrons. The maximum atomic E-state index is 13.0. The lowest BCUT2D eigenvalue weighted by molar-refractivity contribution is -0.137. The van der Waals surface area contributed by atoms with E-state index in [1.807, 2.05) is 23.9 Å². The molecule has 3 nitrogen and oxygen atoms in total. The SMILES string of the molecule is Cn1c(-c2ccncc2SC2CCC2)nc2cc(C(F)(F)F)ccc21. The molecule has 7 heteroatoms. The van der Waals surface area contributed by atoms with Crippen molar-refractivity contribution in [1.29, 1.82) is 0 Å². The maximum Gasteiger partial charge on any atom is 0.416 e. The Morgan fingerprint density at radius 2 is 2.00 bits per heavy atom. The topological polar surface area (TPSA) is 30.7 Å². The molecule has 1 saturated carbocycles. The summed E-state index contributed by atoms with van der Waals surface area (Å²) in [7, 11) is 1.83. The Morgan fingerprint density at radius 3 is 2.68 bits per heavy atom. The lowest BCUT2D eigenvalue weighted by atomic mass is 10.00. The van der Waals surface area contributed by atoms with E-state index in [-0.39, 0.29) is 0 Å². The molecule has 3 aromatic rings. The minimum Gasteiger partial charge on any atom is -0.327 e. The number of aryl methyl sites for hydroxylation is 1. The van der Waals surface area contributed by atoms with Crippen molar-refractivity contribution in [2.45, 2.75) is 35.6 Å². The van der Waals surface area contributed by atoms with Gasteiger partial charge >= 0.3 is 6.18 Å². The van der Waals surface area contributed by atoms with Crippen molar-refractivity contribution in [3.05, 3.63) is 42.2 Å². The van der Waals surface area contributed by atoms with E-state index in [1.54, 1.807) is 18.0 Å². The van der Waals surface area contributed by atoms with E-state index in [0.717, 1.165) is 22.6 Å². The molecule has 0 aliphatic heterocycles. The largest absolute Gasteiger partial charge is 0.416 e. The number of alkyl halides is 3. The molecule has 1 fully saturated rings. The number of nitrogens with zero attached hydrogens (tertiary/aromatic N) is 3. The molecule has 0 saturated heterocycles. The third-order valence-corrected chi connectivity index (χ3v) is 5.96. The first-order chi connectivity index (χ1) is 11.9. The summed E-state index contributed by atoms with van der Waals surface area (Å²) in [6, 6.07) is 5.57. The van der Waals surface area contributed by atoms with Crippen molar-refractivity contribution in [3.8, 4) is 11.4 Å². The van der Waals surface area contributed by atoms with Gasteiger partial charge in [-0.1, -0.05) is 6.42 Å². The number of fused-ring (bicyclic) bond motifs is 1. The maximum absolute atomic E-state index is 13.0. The zero-order chi connectivity index (χ0) is 17.6. The molecule has 1 aliphatic carbocycles. The summed E-state index contributed by atoms with van der Waals surface area (Å²) >= 11 is 1.78. The second-order valence-corrected chi connectivity index (χ2v) is 7.58. The zero-order valence-electron chi connectivity index (χ0n) is 13.5. The predicted molar refractivity (Wildman–Crippen MR) is 92.4 cm³/mol. The van der Waals surface area contributed by atoms with Gasteiger partial charge in [-0.3, -0.25) is 4.98 Å². The van der Waals surface area contributed by atoms with Crippen LogP contribution in [0.15, 0.2) is 41.6 Å². The van der Waals surface area contributed by atoms with Crippen LogP contribution in [0.3, 0.4) is 0 Å². The first-order valence-corrected chi connectivity index (χ1v) is 8.96. The number of hydrogen-bond acceptors (Lipinski definition) is 3. The highest BCUT2D eigenvalue weighted by Crippen LogP contribution is 2.41. The Balaban J connectivity index is 1.80. The fourth-order valence-electron chi connectivity index (χ4n) is 2.94. The van der Waals surface area contributed by atoms with Crippen LogP contribution in [0.4, 0.5) is 13.2 Å². The summed E-state index contributed by atoms with van der Waals surface area (Å²) in [5, 5.41) is 0.592. The Morgan fingerprint density at radius 1 is 1.20 bits per heavy atom. The molecule has 0 amide bonds. The normalized spacial score (nSPS) is 15.5. The summed E-state index contributed by atoms with van der Waals surface area (Å²) in [5.74, 6) is 0.665. The van der Waals surface area contributed by atoms with Crippen LogP contribution in [0.5, 0.6) is 0 Å². The Kier molecular flexibility index (Phi) is 3.98. The Hall–Kier alpha value is -2.02. The van der Waals surface area contributed by atoms with Gasteiger partial charge < -0.3 is 4.57 Å². The summed E-state index contributed by atoms with van der Waals surface area (Å²) in [6.45, 7) is 0. The van der Waals surface area contributed by atoms with Crippen LogP contribution >= 0.6 is 11.8 Å². The molecule has 0 radical (unpaired) electrons. The van der Waals surface area contributed by atoms with E-state index in [9.17, 15) is 13.2 Å². The molecule has 1 aromatic carbocycles. The van der Waals surface area contributed by atoms with Crippen molar-refractivity contribution in [2.75, 3.05) is 0 Å². The molecule has 4 rings (SSSR count). The predicted octanol–water partition coefficient (Wildman–Crippen LogP) is 5.30. The minimum atomic E-state index is -4.37. The van der Waals surface area contributed by atoms with Gasteiger partial charge in [0.2, 0.25) is 0 Å². The van der Waals surface area contributed by atoms with Gasteiger partial charge in [0.1, 0.15) is 5.82 Å². The van der Waals surface area contributed by atoms with Gasteiger partial charge in [0, 0.05) is 35.2 Å². The molecule has 25 heavy (non-hydrogen) atoms. The molecule has 0 atom stereocenters.